The maximum absolute atomic E-state index is 12.7. The Morgan fingerprint density at radius 2 is 1.89 bits per heavy atom. The molecule has 144 valence electrons. The largest absolute Gasteiger partial charge is 0.454 e. The maximum atomic E-state index is 12.7. The summed E-state index contributed by atoms with van der Waals surface area (Å²) in [4.78, 5) is 21.7. The molecular weight excluding hydrogens is 374 g/mol. The van der Waals surface area contributed by atoms with Gasteiger partial charge in [0, 0.05) is 26.2 Å². The highest BCUT2D eigenvalue weighted by Gasteiger charge is 2.24. The third kappa shape index (κ3) is 3.26. The van der Waals surface area contributed by atoms with Gasteiger partial charge in [-0.15, -0.1) is 0 Å². The topological polar surface area (TPSA) is 54.9 Å². The molecule has 1 aromatic heterocycles. The predicted molar refractivity (Wildman–Crippen MR) is 109 cm³/mol. The van der Waals surface area contributed by atoms with Gasteiger partial charge in [0.15, 0.2) is 16.6 Å². The van der Waals surface area contributed by atoms with Gasteiger partial charge in [-0.25, -0.2) is 4.98 Å². The molecule has 1 amide bonds. The monoisotopic (exact) mass is 395 g/mol. The predicted octanol–water partition coefficient (Wildman–Crippen LogP) is 3.22. The van der Waals surface area contributed by atoms with Gasteiger partial charge in [0.05, 0.1) is 16.6 Å². The number of carbonyl (C=O) groups excluding carboxylic acids is 1. The second kappa shape index (κ2) is 6.98. The lowest BCUT2D eigenvalue weighted by molar-refractivity contribution is -0.130. The van der Waals surface area contributed by atoms with E-state index in [1.165, 1.54) is 10.3 Å². The minimum absolute atomic E-state index is 0.151. The summed E-state index contributed by atoms with van der Waals surface area (Å²) in [5.74, 6) is 1.62. The van der Waals surface area contributed by atoms with E-state index in [0.29, 0.717) is 6.42 Å². The van der Waals surface area contributed by atoms with Gasteiger partial charge in [-0.1, -0.05) is 23.5 Å². The second-order valence-electron chi connectivity index (χ2n) is 7.20. The molecule has 3 heterocycles. The summed E-state index contributed by atoms with van der Waals surface area (Å²) in [6.45, 7) is 5.41. The molecule has 7 heteroatoms. The van der Waals surface area contributed by atoms with Crippen LogP contribution in [0.5, 0.6) is 11.5 Å². The van der Waals surface area contributed by atoms with Crippen molar-refractivity contribution < 1.29 is 14.3 Å². The number of aryl methyl sites for hydroxylation is 1. The van der Waals surface area contributed by atoms with Crippen molar-refractivity contribution in [3.8, 4) is 11.5 Å². The lowest BCUT2D eigenvalue weighted by atomic mass is 10.1. The van der Waals surface area contributed by atoms with E-state index >= 15 is 0 Å². The van der Waals surface area contributed by atoms with Crippen LogP contribution in [0.1, 0.15) is 11.1 Å². The minimum atomic E-state index is 0.151. The summed E-state index contributed by atoms with van der Waals surface area (Å²) >= 11 is 1.73. The number of benzene rings is 2. The average Bonchev–Trinajstić information content (AvgIpc) is 3.34. The Balaban J connectivity index is 1.22. The number of amides is 1. The number of piperazine rings is 1. The Kier molecular flexibility index (Phi) is 4.31. The molecule has 0 spiro atoms. The van der Waals surface area contributed by atoms with Gasteiger partial charge in [0.1, 0.15) is 0 Å². The number of ether oxygens (including phenoxy) is 2. The summed E-state index contributed by atoms with van der Waals surface area (Å²) in [7, 11) is 0. The molecule has 28 heavy (non-hydrogen) atoms. The molecule has 0 bridgehead atoms. The van der Waals surface area contributed by atoms with Crippen LogP contribution in [0.3, 0.4) is 0 Å². The summed E-state index contributed by atoms with van der Waals surface area (Å²) in [6.07, 6.45) is 0.386. The molecule has 0 unspecified atom stereocenters. The van der Waals surface area contributed by atoms with Gasteiger partial charge in [-0.05, 0) is 42.3 Å². The van der Waals surface area contributed by atoms with Crippen molar-refractivity contribution in [3.05, 3.63) is 47.5 Å². The van der Waals surface area contributed by atoms with Crippen LogP contribution in [0.15, 0.2) is 36.4 Å². The molecule has 0 radical (unpaired) electrons. The summed E-state index contributed by atoms with van der Waals surface area (Å²) in [6, 6.07) is 12.1. The molecule has 1 saturated heterocycles. The fourth-order valence-corrected chi connectivity index (χ4v) is 4.75. The number of fused-ring (bicyclic) bond motifs is 2. The van der Waals surface area contributed by atoms with Crippen molar-refractivity contribution in [2.75, 3.05) is 37.9 Å². The number of nitrogens with zero attached hydrogens (tertiary/aromatic N) is 3. The number of aromatic nitrogens is 1. The average molecular weight is 395 g/mol. The van der Waals surface area contributed by atoms with Gasteiger partial charge >= 0.3 is 0 Å². The van der Waals surface area contributed by atoms with Crippen LogP contribution < -0.4 is 14.4 Å². The fourth-order valence-electron chi connectivity index (χ4n) is 3.64. The molecule has 2 aliphatic rings. The molecule has 2 aromatic carbocycles. The Labute approximate surface area is 167 Å². The van der Waals surface area contributed by atoms with Gasteiger partial charge in [0.25, 0.3) is 0 Å². The van der Waals surface area contributed by atoms with Crippen molar-refractivity contribution in [1.82, 2.24) is 9.88 Å². The standard InChI is InChI=1S/C21H21N3O3S/c1-14-2-4-16-19(10-14)28-21(22-16)24-8-6-23(7-9-24)20(25)12-15-3-5-17-18(11-15)27-13-26-17/h2-5,10-11H,6-9,12-13H2,1H3. The molecule has 6 nitrogen and oxygen atoms in total. The van der Waals surface area contributed by atoms with E-state index in [-0.39, 0.29) is 12.7 Å². The number of anilines is 1. The zero-order valence-electron chi connectivity index (χ0n) is 15.7. The first-order valence-electron chi connectivity index (χ1n) is 9.44. The molecule has 1 fully saturated rings. The quantitative estimate of drug-likeness (QED) is 0.682. The van der Waals surface area contributed by atoms with E-state index in [1.54, 1.807) is 11.3 Å². The summed E-state index contributed by atoms with van der Waals surface area (Å²) in [5, 5.41) is 1.04. The minimum Gasteiger partial charge on any atom is -0.454 e. The van der Waals surface area contributed by atoms with E-state index in [4.69, 9.17) is 14.5 Å². The fraction of sp³-hybridized carbons (Fsp3) is 0.333. The normalized spacial score (nSPS) is 16.0. The van der Waals surface area contributed by atoms with E-state index in [9.17, 15) is 4.79 Å². The van der Waals surface area contributed by atoms with Crippen LogP contribution in [-0.2, 0) is 11.2 Å². The van der Waals surface area contributed by atoms with Gasteiger partial charge in [-0.2, -0.15) is 0 Å². The van der Waals surface area contributed by atoms with Crippen LogP contribution in [0.4, 0.5) is 5.13 Å². The first kappa shape index (κ1) is 17.3. The number of thiazole rings is 1. The van der Waals surface area contributed by atoms with E-state index in [2.05, 4.69) is 30.0 Å². The third-order valence-electron chi connectivity index (χ3n) is 5.23. The lowest BCUT2D eigenvalue weighted by Crippen LogP contribution is -2.49. The van der Waals surface area contributed by atoms with Crippen molar-refractivity contribution >= 4 is 32.6 Å². The smallest absolute Gasteiger partial charge is 0.231 e. The third-order valence-corrected chi connectivity index (χ3v) is 6.31. The Hall–Kier alpha value is -2.80. The summed E-state index contributed by atoms with van der Waals surface area (Å²) in [5.41, 5.74) is 3.26. The highest BCUT2D eigenvalue weighted by atomic mass is 32.1. The molecular formula is C21H21N3O3S. The second-order valence-corrected chi connectivity index (χ2v) is 8.21. The van der Waals surface area contributed by atoms with Crippen LogP contribution in [0, 0.1) is 6.92 Å². The molecule has 0 aliphatic carbocycles. The van der Waals surface area contributed by atoms with E-state index < -0.39 is 0 Å². The molecule has 0 saturated carbocycles. The molecule has 0 atom stereocenters. The van der Waals surface area contributed by atoms with Gasteiger partial charge < -0.3 is 19.3 Å². The Morgan fingerprint density at radius 1 is 1.07 bits per heavy atom. The highest BCUT2D eigenvalue weighted by molar-refractivity contribution is 7.22. The molecule has 3 aromatic rings. The van der Waals surface area contributed by atoms with E-state index in [1.807, 2.05) is 23.1 Å². The maximum Gasteiger partial charge on any atom is 0.231 e. The Morgan fingerprint density at radius 3 is 2.75 bits per heavy atom. The number of carbonyl (C=O) groups is 1. The zero-order chi connectivity index (χ0) is 19.1. The van der Waals surface area contributed by atoms with Crippen LogP contribution in [0.25, 0.3) is 10.2 Å². The lowest BCUT2D eigenvalue weighted by Gasteiger charge is -2.34. The summed E-state index contributed by atoms with van der Waals surface area (Å²) < 4.78 is 11.9. The number of hydrogen-bond donors (Lipinski definition) is 0. The molecule has 5 rings (SSSR count). The number of rotatable bonds is 3. The highest BCUT2D eigenvalue weighted by Crippen LogP contribution is 2.33. The molecule has 2 aliphatic heterocycles. The van der Waals surface area contributed by atoms with Crippen molar-refractivity contribution in [1.29, 1.82) is 0 Å². The van der Waals surface area contributed by atoms with Gasteiger partial charge in [-0.3, -0.25) is 4.79 Å². The Bertz CT molecular complexity index is 1040. The SMILES string of the molecule is Cc1ccc2nc(N3CCN(C(=O)Cc4ccc5c(c4)OCO5)CC3)sc2c1. The van der Waals surface area contributed by atoms with Crippen molar-refractivity contribution in [2.45, 2.75) is 13.3 Å². The van der Waals surface area contributed by atoms with Crippen LogP contribution >= 0.6 is 11.3 Å². The first-order valence-corrected chi connectivity index (χ1v) is 10.3. The van der Waals surface area contributed by atoms with Crippen molar-refractivity contribution in [2.24, 2.45) is 0 Å². The van der Waals surface area contributed by atoms with Crippen LogP contribution in [0.2, 0.25) is 0 Å². The van der Waals surface area contributed by atoms with Crippen LogP contribution in [-0.4, -0.2) is 48.8 Å². The van der Waals surface area contributed by atoms with E-state index in [0.717, 1.165) is 53.9 Å². The van der Waals surface area contributed by atoms with Gasteiger partial charge in [0.2, 0.25) is 12.7 Å². The number of hydrogen-bond acceptors (Lipinski definition) is 6. The first-order chi connectivity index (χ1) is 13.7. The van der Waals surface area contributed by atoms with Crippen molar-refractivity contribution in [3.63, 3.8) is 0 Å². The zero-order valence-corrected chi connectivity index (χ0v) is 16.5. The molecule has 0 N–H and O–H groups in total.